The van der Waals surface area contributed by atoms with Gasteiger partial charge in [0.05, 0.1) is 0 Å². The highest BCUT2D eigenvalue weighted by molar-refractivity contribution is 5.93. The molecule has 0 aliphatic heterocycles. The maximum absolute atomic E-state index is 12.7. The summed E-state index contributed by atoms with van der Waals surface area (Å²) in [6.07, 6.45) is 12.5. The predicted molar refractivity (Wildman–Crippen MR) is 99.3 cm³/mol. The van der Waals surface area contributed by atoms with Gasteiger partial charge in [0.25, 0.3) is 0 Å². The van der Waals surface area contributed by atoms with E-state index in [0.29, 0.717) is 24.0 Å². The summed E-state index contributed by atoms with van der Waals surface area (Å²) in [5.74, 6) is 1.26. The first kappa shape index (κ1) is 16.7. The third-order valence-corrected chi connectivity index (χ3v) is 8.51. The van der Waals surface area contributed by atoms with Crippen molar-refractivity contribution in [1.29, 1.82) is 0 Å². The number of aliphatic hydroxyl groups excluding tert-OH is 1. The molecule has 0 bridgehead atoms. The van der Waals surface area contributed by atoms with Crippen molar-refractivity contribution in [1.82, 2.24) is 0 Å². The zero-order valence-corrected chi connectivity index (χ0v) is 15.8. The second-order valence-electron chi connectivity index (χ2n) is 9.49. The minimum atomic E-state index is -0.890. The van der Waals surface area contributed by atoms with E-state index < -0.39 is 6.10 Å². The van der Waals surface area contributed by atoms with E-state index in [0.717, 1.165) is 32.1 Å². The molecule has 2 saturated carbocycles. The fraction of sp³-hybridized carbons (Fsp3) is 0.652. The standard InChI is InChI=1S/C23H28O3/c1-13(24)21(26)19-7-10-23-9-5-14-11-15-12-16(25)3-4-17(15)18(20(14)23)6-8-22(19,23)2/h7,10,12-14,19-20,24H,3-6,8-9,11H2,1-2H3/t13?,14?,19-,20?,22-,23?/m1/s1. The van der Waals surface area contributed by atoms with Gasteiger partial charge in [0.1, 0.15) is 6.10 Å². The molecule has 3 nitrogen and oxygen atoms in total. The molecule has 26 heavy (non-hydrogen) atoms. The first-order chi connectivity index (χ1) is 12.4. The number of aliphatic hydroxyl groups is 1. The number of carbonyl (C=O) groups is 2. The molecular weight excluding hydrogens is 324 g/mol. The number of carbonyl (C=O) groups excluding carboxylic acids is 2. The number of hydrogen-bond donors (Lipinski definition) is 1. The monoisotopic (exact) mass is 352 g/mol. The number of ketones is 2. The fourth-order valence-corrected chi connectivity index (χ4v) is 7.31. The summed E-state index contributed by atoms with van der Waals surface area (Å²) in [7, 11) is 0. The molecule has 0 aromatic heterocycles. The Labute approximate surface area is 155 Å². The van der Waals surface area contributed by atoms with Crippen molar-refractivity contribution < 1.29 is 14.7 Å². The van der Waals surface area contributed by atoms with Gasteiger partial charge >= 0.3 is 0 Å². The summed E-state index contributed by atoms with van der Waals surface area (Å²) in [6, 6.07) is 0. The Morgan fingerprint density at radius 3 is 2.85 bits per heavy atom. The smallest absolute Gasteiger partial charge is 0.168 e. The largest absolute Gasteiger partial charge is 0.386 e. The van der Waals surface area contributed by atoms with Crippen LogP contribution in [0.25, 0.3) is 0 Å². The minimum absolute atomic E-state index is 0.0140. The van der Waals surface area contributed by atoms with Crippen molar-refractivity contribution in [2.24, 2.45) is 28.6 Å². The van der Waals surface area contributed by atoms with Crippen LogP contribution in [-0.4, -0.2) is 22.8 Å². The Balaban J connectivity index is 1.62. The van der Waals surface area contributed by atoms with Crippen LogP contribution in [0.15, 0.2) is 34.9 Å². The first-order valence-corrected chi connectivity index (χ1v) is 10.2. The molecule has 6 atom stereocenters. The van der Waals surface area contributed by atoms with Crippen LogP contribution < -0.4 is 0 Å². The molecule has 0 aromatic rings. The number of Topliss-reactive ketones (excluding diaryl/α,β-unsaturated/α-hetero) is 1. The van der Waals surface area contributed by atoms with Crippen LogP contribution in [-0.2, 0) is 9.59 Å². The van der Waals surface area contributed by atoms with Crippen molar-refractivity contribution >= 4 is 11.6 Å². The average Bonchev–Trinajstić information content (AvgIpc) is 3.12. The van der Waals surface area contributed by atoms with E-state index in [1.54, 1.807) is 12.5 Å². The zero-order chi connectivity index (χ0) is 18.3. The molecule has 138 valence electrons. The molecular formula is C23H28O3. The molecule has 0 radical (unpaired) electrons. The predicted octanol–water partition coefficient (Wildman–Crippen LogP) is 3.92. The fourth-order valence-electron chi connectivity index (χ4n) is 7.31. The van der Waals surface area contributed by atoms with E-state index in [1.165, 1.54) is 17.6 Å². The van der Waals surface area contributed by atoms with Crippen molar-refractivity contribution in [3.63, 3.8) is 0 Å². The summed E-state index contributed by atoms with van der Waals surface area (Å²) in [4.78, 5) is 24.7. The third-order valence-electron chi connectivity index (χ3n) is 8.51. The lowest BCUT2D eigenvalue weighted by atomic mass is 9.48. The molecule has 3 heteroatoms. The first-order valence-electron chi connectivity index (χ1n) is 10.2. The molecule has 5 aliphatic carbocycles. The van der Waals surface area contributed by atoms with E-state index >= 15 is 0 Å². The molecule has 0 aromatic carbocycles. The van der Waals surface area contributed by atoms with Crippen molar-refractivity contribution in [2.75, 3.05) is 0 Å². The summed E-state index contributed by atoms with van der Waals surface area (Å²) in [5.41, 5.74) is 4.39. The highest BCUT2D eigenvalue weighted by Crippen LogP contribution is 2.73. The van der Waals surface area contributed by atoms with Gasteiger partial charge in [0, 0.05) is 17.8 Å². The van der Waals surface area contributed by atoms with E-state index in [2.05, 4.69) is 19.1 Å². The molecule has 1 N–H and O–H groups in total. The molecule has 0 amide bonds. The lowest BCUT2D eigenvalue weighted by Gasteiger charge is -2.55. The van der Waals surface area contributed by atoms with Gasteiger partial charge in [0.15, 0.2) is 11.6 Å². The van der Waals surface area contributed by atoms with Gasteiger partial charge in [-0.1, -0.05) is 24.6 Å². The van der Waals surface area contributed by atoms with E-state index in [-0.39, 0.29) is 22.5 Å². The Hall–Kier alpha value is -1.48. The maximum atomic E-state index is 12.7. The number of allylic oxidation sites excluding steroid dienone is 6. The molecule has 2 fully saturated rings. The quantitative estimate of drug-likeness (QED) is 0.766. The molecule has 5 rings (SSSR count). The van der Waals surface area contributed by atoms with Gasteiger partial charge in [-0.3, -0.25) is 9.59 Å². The topological polar surface area (TPSA) is 54.4 Å². The van der Waals surface area contributed by atoms with Crippen LogP contribution in [0.1, 0.15) is 58.8 Å². The Morgan fingerprint density at radius 1 is 1.27 bits per heavy atom. The van der Waals surface area contributed by atoms with Crippen LogP contribution in [0.2, 0.25) is 0 Å². The Kier molecular flexibility index (Phi) is 3.39. The molecule has 4 unspecified atom stereocenters. The van der Waals surface area contributed by atoms with E-state index in [1.807, 2.05) is 6.08 Å². The van der Waals surface area contributed by atoms with Crippen molar-refractivity contribution in [3.05, 3.63) is 34.9 Å². The van der Waals surface area contributed by atoms with Crippen molar-refractivity contribution in [2.45, 2.75) is 64.9 Å². The highest BCUT2D eigenvalue weighted by atomic mass is 16.3. The van der Waals surface area contributed by atoms with Gasteiger partial charge in [-0.25, -0.2) is 0 Å². The highest BCUT2D eigenvalue weighted by Gasteiger charge is 2.66. The van der Waals surface area contributed by atoms with Crippen LogP contribution in [0.5, 0.6) is 0 Å². The summed E-state index contributed by atoms with van der Waals surface area (Å²) in [5, 5.41) is 9.93. The third kappa shape index (κ3) is 1.88. The average molecular weight is 352 g/mol. The maximum Gasteiger partial charge on any atom is 0.168 e. The van der Waals surface area contributed by atoms with Gasteiger partial charge < -0.3 is 5.11 Å². The van der Waals surface area contributed by atoms with Crippen LogP contribution in [0.3, 0.4) is 0 Å². The van der Waals surface area contributed by atoms with Gasteiger partial charge in [-0.05, 0) is 79.9 Å². The Bertz CT molecular complexity index is 798. The molecule has 1 spiro atoms. The SMILES string of the molecule is CC(O)C(=O)[C@H]1C=CC23CCC4CC5=CC(=O)CCC5=C(CC[C@]12C)C43. The molecule has 5 aliphatic rings. The molecule has 0 heterocycles. The van der Waals surface area contributed by atoms with Crippen LogP contribution >= 0.6 is 0 Å². The van der Waals surface area contributed by atoms with Crippen LogP contribution in [0, 0.1) is 28.6 Å². The van der Waals surface area contributed by atoms with Crippen LogP contribution in [0.4, 0.5) is 0 Å². The number of rotatable bonds is 2. The Morgan fingerprint density at radius 2 is 2.08 bits per heavy atom. The van der Waals surface area contributed by atoms with Gasteiger partial charge in [0.2, 0.25) is 0 Å². The van der Waals surface area contributed by atoms with E-state index in [9.17, 15) is 14.7 Å². The molecule has 0 saturated heterocycles. The summed E-state index contributed by atoms with van der Waals surface area (Å²) in [6.45, 7) is 3.91. The van der Waals surface area contributed by atoms with Gasteiger partial charge in [-0.15, -0.1) is 0 Å². The normalized spacial score (nSPS) is 44.3. The lowest BCUT2D eigenvalue weighted by Crippen LogP contribution is -2.51. The zero-order valence-electron chi connectivity index (χ0n) is 15.8. The van der Waals surface area contributed by atoms with Crippen molar-refractivity contribution in [3.8, 4) is 0 Å². The lowest BCUT2D eigenvalue weighted by molar-refractivity contribution is -0.136. The summed E-state index contributed by atoms with van der Waals surface area (Å²) >= 11 is 0. The number of hydrogen-bond acceptors (Lipinski definition) is 3. The van der Waals surface area contributed by atoms with Gasteiger partial charge in [-0.2, -0.15) is 0 Å². The van der Waals surface area contributed by atoms with E-state index in [4.69, 9.17) is 0 Å². The second-order valence-corrected chi connectivity index (χ2v) is 9.49. The number of fused-ring (bicyclic) bond motifs is 1. The minimum Gasteiger partial charge on any atom is -0.386 e. The second kappa shape index (κ2) is 5.28. The summed E-state index contributed by atoms with van der Waals surface area (Å²) < 4.78 is 0.